The summed E-state index contributed by atoms with van der Waals surface area (Å²) in [6.07, 6.45) is 0.622. The van der Waals surface area contributed by atoms with E-state index in [1.54, 1.807) is 35.2 Å². The fourth-order valence-electron chi connectivity index (χ4n) is 4.02. The van der Waals surface area contributed by atoms with Crippen LogP contribution in [-0.4, -0.2) is 28.9 Å². The summed E-state index contributed by atoms with van der Waals surface area (Å²) in [4.78, 5) is 25.8. The van der Waals surface area contributed by atoms with Gasteiger partial charge in [0.1, 0.15) is 0 Å². The van der Waals surface area contributed by atoms with E-state index in [1.807, 2.05) is 30.3 Å². The van der Waals surface area contributed by atoms with Crippen LogP contribution in [0.3, 0.4) is 0 Å². The highest BCUT2D eigenvalue weighted by Gasteiger charge is 2.52. The van der Waals surface area contributed by atoms with Crippen LogP contribution in [0, 0.1) is 10.1 Å². The average Bonchev–Trinajstić information content (AvgIpc) is 3.04. The molecule has 1 unspecified atom stereocenters. The molecule has 3 aromatic rings. The van der Waals surface area contributed by atoms with E-state index >= 15 is 0 Å². The number of nitrogens with zero attached hydrogens (tertiary/aromatic N) is 2. The minimum atomic E-state index is -1.17. The number of amides is 1. The number of rotatable bonds is 8. The van der Waals surface area contributed by atoms with Gasteiger partial charge in [-0.2, -0.15) is 0 Å². The van der Waals surface area contributed by atoms with Crippen LogP contribution in [0.4, 0.5) is 5.69 Å². The summed E-state index contributed by atoms with van der Waals surface area (Å²) in [5, 5.41) is 11.6. The fraction of sp³-hybridized carbons (Fsp3) is 0.208. The van der Waals surface area contributed by atoms with Crippen molar-refractivity contribution in [3.05, 3.63) is 110 Å². The van der Waals surface area contributed by atoms with Gasteiger partial charge in [0.2, 0.25) is 0 Å². The molecular weight excluding hydrogens is 430 g/mol. The van der Waals surface area contributed by atoms with E-state index in [0.717, 1.165) is 16.7 Å². The van der Waals surface area contributed by atoms with Gasteiger partial charge in [-0.1, -0.05) is 54.1 Å². The second-order valence-corrected chi connectivity index (χ2v) is 7.94. The molecular formula is C24H22ClN3O4. The Morgan fingerprint density at radius 2 is 1.72 bits per heavy atom. The van der Waals surface area contributed by atoms with Crippen LogP contribution in [0.25, 0.3) is 0 Å². The molecule has 1 atom stereocenters. The van der Waals surface area contributed by atoms with Crippen LogP contribution in [-0.2, 0) is 17.0 Å². The van der Waals surface area contributed by atoms with Crippen LogP contribution in [0.2, 0.25) is 5.02 Å². The number of hydrogen-bond donors (Lipinski definition) is 1. The molecule has 3 aromatic carbocycles. The van der Waals surface area contributed by atoms with Crippen molar-refractivity contribution in [3.8, 4) is 0 Å². The minimum absolute atomic E-state index is 0.00653. The smallest absolute Gasteiger partial charge is 0.269 e. The maximum Gasteiger partial charge on any atom is 0.269 e. The molecule has 0 aliphatic carbocycles. The van der Waals surface area contributed by atoms with Crippen molar-refractivity contribution >= 4 is 23.2 Å². The highest BCUT2D eigenvalue weighted by Crippen LogP contribution is 2.46. The molecule has 7 nitrogen and oxygen atoms in total. The summed E-state index contributed by atoms with van der Waals surface area (Å²) in [7, 11) is 0. The number of carbonyl (C=O) groups excluding carboxylic acids is 1. The van der Waals surface area contributed by atoms with E-state index in [9.17, 15) is 14.9 Å². The van der Waals surface area contributed by atoms with Gasteiger partial charge < -0.3 is 10.5 Å². The minimum Gasteiger partial charge on any atom is -0.347 e. The Balaban J connectivity index is 1.84. The molecule has 2 N–H and O–H groups in total. The number of halogens is 1. The van der Waals surface area contributed by atoms with Crippen LogP contribution in [0.15, 0.2) is 72.8 Å². The first-order valence-corrected chi connectivity index (χ1v) is 10.6. The zero-order chi connectivity index (χ0) is 22.7. The molecule has 0 saturated heterocycles. The Kier molecular flexibility index (Phi) is 6.23. The lowest BCUT2D eigenvalue weighted by Crippen LogP contribution is -2.46. The number of carbonyl (C=O) groups is 1. The molecule has 0 radical (unpaired) electrons. The van der Waals surface area contributed by atoms with Crippen molar-refractivity contribution < 1.29 is 14.5 Å². The number of ether oxygens (including phenoxy) is 1. The number of nitro benzene ring substituents is 1. The van der Waals surface area contributed by atoms with Gasteiger partial charge >= 0.3 is 0 Å². The van der Waals surface area contributed by atoms with Crippen LogP contribution >= 0.6 is 11.6 Å². The molecule has 4 rings (SSSR count). The lowest BCUT2D eigenvalue weighted by atomic mass is 9.93. The predicted octanol–water partition coefficient (Wildman–Crippen LogP) is 4.47. The molecule has 32 heavy (non-hydrogen) atoms. The molecule has 0 saturated carbocycles. The second-order valence-electron chi connectivity index (χ2n) is 7.50. The Hall–Kier alpha value is -3.26. The van der Waals surface area contributed by atoms with Gasteiger partial charge in [-0.15, -0.1) is 0 Å². The average molecular weight is 452 g/mol. The molecule has 0 spiro atoms. The molecule has 8 heteroatoms. The Labute approximate surface area is 190 Å². The van der Waals surface area contributed by atoms with Crippen molar-refractivity contribution in [2.24, 2.45) is 5.73 Å². The third-order valence-corrected chi connectivity index (χ3v) is 5.78. The third kappa shape index (κ3) is 3.86. The molecule has 1 aliphatic rings. The Morgan fingerprint density at radius 1 is 1.03 bits per heavy atom. The number of nitro groups is 1. The van der Waals surface area contributed by atoms with Gasteiger partial charge in [0.05, 0.1) is 11.5 Å². The van der Waals surface area contributed by atoms with Gasteiger partial charge in [-0.25, -0.2) is 0 Å². The first kappa shape index (κ1) is 22.0. The normalized spacial score (nSPS) is 17.4. The van der Waals surface area contributed by atoms with E-state index in [-0.39, 0.29) is 18.1 Å². The number of fused-ring (bicyclic) bond motifs is 1. The lowest BCUT2D eigenvalue weighted by molar-refractivity contribution is -0.384. The second kappa shape index (κ2) is 9.08. The predicted molar refractivity (Wildman–Crippen MR) is 121 cm³/mol. The van der Waals surface area contributed by atoms with Crippen molar-refractivity contribution in [2.45, 2.75) is 18.7 Å². The number of benzene rings is 3. The van der Waals surface area contributed by atoms with E-state index < -0.39 is 10.6 Å². The van der Waals surface area contributed by atoms with Gasteiger partial charge in [0, 0.05) is 40.4 Å². The Bertz CT molecular complexity index is 1130. The Morgan fingerprint density at radius 3 is 2.38 bits per heavy atom. The highest BCUT2D eigenvalue weighted by molar-refractivity contribution is 6.30. The van der Waals surface area contributed by atoms with Gasteiger partial charge in [0.15, 0.2) is 5.72 Å². The number of non-ortho nitro benzene ring substituents is 1. The van der Waals surface area contributed by atoms with Crippen molar-refractivity contribution in [2.75, 3.05) is 13.2 Å². The summed E-state index contributed by atoms with van der Waals surface area (Å²) in [5.41, 5.74) is 7.33. The zero-order valence-corrected chi connectivity index (χ0v) is 18.0. The maximum atomic E-state index is 13.6. The number of nitrogens with two attached hydrogens (primary N) is 1. The molecule has 0 bridgehead atoms. The molecule has 1 amide bonds. The van der Waals surface area contributed by atoms with Crippen molar-refractivity contribution in [1.29, 1.82) is 0 Å². The molecule has 1 heterocycles. The van der Waals surface area contributed by atoms with Crippen molar-refractivity contribution in [3.63, 3.8) is 0 Å². The maximum absolute atomic E-state index is 13.6. The molecule has 0 aromatic heterocycles. The summed E-state index contributed by atoms with van der Waals surface area (Å²) < 4.78 is 6.47. The topological polar surface area (TPSA) is 98.7 Å². The SMILES string of the molecule is NCCCOC1(c2ccc(Cl)cc2)c2ccccc2C(=O)N1Cc1ccc([N+](=O)[O-])cc1. The number of hydrogen-bond acceptors (Lipinski definition) is 5. The lowest BCUT2D eigenvalue weighted by Gasteiger charge is -2.39. The van der Waals surface area contributed by atoms with Crippen molar-refractivity contribution in [1.82, 2.24) is 4.90 Å². The van der Waals surface area contributed by atoms with E-state index in [1.165, 1.54) is 12.1 Å². The highest BCUT2D eigenvalue weighted by atomic mass is 35.5. The van der Waals surface area contributed by atoms with Gasteiger partial charge in [0.25, 0.3) is 11.6 Å². The van der Waals surface area contributed by atoms with E-state index in [2.05, 4.69) is 0 Å². The van der Waals surface area contributed by atoms with E-state index in [4.69, 9.17) is 22.1 Å². The van der Waals surface area contributed by atoms with Gasteiger partial charge in [-0.05, 0) is 36.7 Å². The molecule has 0 fully saturated rings. The summed E-state index contributed by atoms with van der Waals surface area (Å²) in [6, 6.07) is 20.8. The standard InChI is InChI=1S/C24H22ClN3O4/c25-19-10-8-18(9-11-19)24(32-15-3-14-26)22-5-2-1-4-21(22)23(29)27(24)16-17-6-12-20(13-7-17)28(30)31/h1-2,4-13H,3,14-16,26H2. The first-order chi connectivity index (χ1) is 15.5. The first-order valence-electron chi connectivity index (χ1n) is 10.2. The molecule has 164 valence electrons. The fourth-order valence-corrected chi connectivity index (χ4v) is 4.14. The summed E-state index contributed by atoms with van der Waals surface area (Å²) >= 11 is 6.13. The van der Waals surface area contributed by atoms with Crippen LogP contribution < -0.4 is 5.73 Å². The summed E-state index contributed by atoms with van der Waals surface area (Å²) in [6.45, 7) is 1.00. The van der Waals surface area contributed by atoms with E-state index in [0.29, 0.717) is 30.2 Å². The largest absolute Gasteiger partial charge is 0.347 e. The third-order valence-electron chi connectivity index (χ3n) is 5.53. The summed E-state index contributed by atoms with van der Waals surface area (Å²) in [5.74, 6) is -0.179. The monoisotopic (exact) mass is 451 g/mol. The zero-order valence-electron chi connectivity index (χ0n) is 17.2. The van der Waals surface area contributed by atoms with Crippen LogP contribution in [0.5, 0.6) is 0 Å². The quantitative estimate of drug-likeness (QED) is 0.309. The van der Waals surface area contributed by atoms with Gasteiger partial charge in [-0.3, -0.25) is 19.8 Å². The molecule has 1 aliphatic heterocycles. The van der Waals surface area contributed by atoms with Crippen LogP contribution in [0.1, 0.15) is 33.5 Å².